The lowest BCUT2D eigenvalue weighted by Gasteiger charge is -2.38. The van der Waals surface area contributed by atoms with Crippen LogP contribution in [0.25, 0.3) is 0 Å². The predicted molar refractivity (Wildman–Crippen MR) is 52.0 cm³/mol. The van der Waals surface area contributed by atoms with E-state index < -0.39 is 0 Å². The van der Waals surface area contributed by atoms with Gasteiger partial charge in [-0.15, -0.1) is 0 Å². The van der Waals surface area contributed by atoms with E-state index in [0.717, 1.165) is 6.04 Å². The molecule has 1 nitrogen and oxygen atoms in total. The van der Waals surface area contributed by atoms with Gasteiger partial charge in [-0.2, -0.15) is 0 Å². The van der Waals surface area contributed by atoms with Crippen molar-refractivity contribution < 1.29 is 0 Å². The molecule has 0 unspecified atom stereocenters. The van der Waals surface area contributed by atoms with E-state index in [1.165, 1.54) is 58.0 Å². The molecule has 2 aliphatic rings. The second-order valence-electron chi connectivity index (χ2n) is 4.22. The van der Waals surface area contributed by atoms with Gasteiger partial charge in [0, 0.05) is 6.04 Å². The molecular formula is C11H20N. The molecule has 0 aromatic rings. The van der Waals surface area contributed by atoms with Crippen molar-refractivity contribution in [2.45, 2.75) is 51.0 Å². The van der Waals surface area contributed by atoms with Crippen LogP contribution in [0, 0.1) is 6.42 Å². The quantitative estimate of drug-likeness (QED) is 0.579. The lowest BCUT2D eigenvalue weighted by atomic mass is 9.90. The largest absolute Gasteiger partial charge is 0.300 e. The molecule has 1 heteroatoms. The van der Waals surface area contributed by atoms with Crippen molar-refractivity contribution >= 4 is 0 Å². The van der Waals surface area contributed by atoms with Gasteiger partial charge in [0.25, 0.3) is 0 Å². The maximum Gasteiger partial charge on any atom is 0.0101 e. The summed E-state index contributed by atoms with van der Waals surface area (Å²) in [6.07, 6.45) is 12.4. The summed E-state index contributed by atoms with van der Waals surface area (Å²) in [5.41, 5.74) is 0. The molecule has 0 spiro atoms. The van der Waals surface area contributed by atoms with Crippen LogP contribution < -0.4 is 0 Å². The molecule has 0 aromatic carbocycles. The first-order valence-corrected chi connectivity index (χ1v) is 5.52. The zero-order valence-corrected chi connectivity index (χ0v) is 7.97. The summed E-state index contributed by atoms with van der Waals surface area (Å²) >= 11 is 0. The van der Waals surface area contributed by atoms with Crippen LogP contribution in [0.1, 0.15) is 44.9 Å². The maximum atomic E-state index is 2.72. The lowest BCUT2D eigenvalue weighted by Crippen LogP contribution is -2.42. The van der Waals surface area contributed by atoms with Gasteiger partial charge in [0.05, 0.1) is 0 Å². The minimum atomic E-state index is 0.933. The molecule has 0 aromatic heterocycles. The number of likely N-dealkylation sites (tertiary alicyclic amines) is 1. The van der Waals surface area contributed by atoms with Crippen molar-refractivity contribution in [2.75, 3.05) is 13.1 Å². The molecule has 1 heterocycles. The maximum absolute atomic E-state index is 2.72. The second-order valence-corrected chi connectivity index (χ2v) is 4.22. The monoisotopic (exact) mass is 166 g/mol. The summed E-state index contributed by atoms with van der Waals surface area (Å²) < 4.78 is 0. The van der Waals surface area contributed by atoms with E-state index >= 15 is 0 Å². The summed E-state index contributed by atoms with van der Waals surface area (Å²) in [5, 5.41) is 0. The number of hydrogen-bond donors (Lipinski definition) is 0. The fourth-order valence-electron chi connectivity index (χ4n) is 2.25. The van der Waals surface area contributed by atoms with E-state index in [4.69, 9.17) is 0 Å². The molecule has 2 fully saturated rings. The Balaban J connectivity index is 1.77. The van der Waals surface area contributed by atoms with Gasteiger partial charge in [0.15, 0.2) is 0 Å². The van der Waals surface area contributed by atoms with Crippen molar-refractivity contribution in [3.05, 3.63) is 6.42 Å². The SMILES string of the molecule is [CH]1CC(N2CCCCCCC2)C1. The van der Waals surface area contributed by atoms with Gasteiger partial charge >= 0.3 is 0 Å². The van der Waals surface area contributed by atoms with Crippen LogP contribution in [0.15, 0.2) is 0 Å². The van der Waals surface area contributed by atoms with Gasteiger partial charge in [0.2, 0.25) is 0 Å². The number of nitrogens with zero attached hydrogens (tertiary/aromatic N) is 1. The Morgan fingerprint density at radius 3 is 1.92 bits per heavy atom. The Morgan fingerprint density at radius 1 is 0.833 bits per heavy atom. The Bertz CT molecular complexity index is 121. The molecule has 0 N–H and O–H groups in total. The fraction of sp³-hybridized carbons (Fsp3) is 0.909. The summed E-state index contributed by atoms with van der Waals surface area (Å²) in [7, 11) is 0. The Morgan fingerprint density at radius 2 is 1.42 bits per heavy atom. The summed E-state index contributed by atoms with van der Waals surface area (Å²) in [6, 6.07) is 0.933. The van der Waals surface area contributed by atoms with Gasteiger partial charge in [-0.25, -0.2) is 0 Å². The van der Waals surface area contributed by atoms with Crippen LogP contribution in [0.5, 0.6) is 0 Å². The van der Waals surface area contributed by atoms with Crippen LogP contribution in [-0.4, -0.2) is 24.0 Å². The number of hydrogen-bond acceptors (Lipinski definition) is 1. The minimum absolute atomic E-state index is 0.933. The van der Waals surface area contributed by atoms with Gasteiger partial charge in [-0.3, -0.25) is 0 Å². The zero-order chi connectivity index (χ0) is 8.23. The highest BCUT2D eigenvalue weighted by molar-refractivity contribution is 4.92. The van der Waals surface area contributed by atoms with E-state index in [0.29, 0.717) is 0 Å². The first-order chi connectivity index (χ1) is 5.97. The molecule has 1 saturated carbocycles. The highest BCUT2D eigenvalue weighted by Crippen LogP contribution is 2.25. The van der Waals surface area contributed by atoms with Gasteiger partial charge in [0.1, 0.15) is 0 Å². The third-order valence-corrected chi connectivity index (χ3v) is 3.28. The average Bonchev–Trinajstić information content (AvgIpc) is 1.90. The highest BCUT2D eigenvalue weighted by atomic mass is 15.2. The molecule has 1 aliphatic carbocycles. The second kappa shape index (κ2) is 4.27. The van der Waals surface area contributed by atoms with Gasteiger partial charge < -0.3 is 4.90 Å². The van der Waals surface area contributed by atoms with Gasteiger partial charge in [-0.05, 0) is 45.2 Å². The van der Waals surface area contributed by atoms with Crippen LogP contribution >= 0.6 is 0 Å². The third kappa shape index (κ3) is 2.01. The zero-order valence-electron chi connectivity index (χ0n) is 7.97. The topological polar surface area (TPSA) is 3.24 Å². The first-order valence-electron chi connectivity index (χ1n) is 5.52. The van der Waals surface area contributed by atoms with Crippen LogP contribution in [0.4, 0.5) is 0 Å². The molecule has 1 radical (unpaired) electrons. The van der Waals surface area contributed by atoms with Crippen molar-refractivity contribution in [2.24, 2.45) is 0 Å². The van der Waals surface area contributed by atoms with E-state index in [9.17, 15) is 0 Å². The molecule has 0 bridgehead atoms. The first kappa shape index (κ1) is 8.55. The lowest BCUT2D eigenvalue weighted by molar-refractivity contribution is 0.145. The number of rotatable bonds is 1. The Labute approximate surface area is 76.1 Å². The average molecular weight is 166 g/mol. The summed E-state index contributed by atoms with van der Waals surface area (Å²) in [4.78, 5) is 2.72. The van der Waals surface area contributed by atoms with Crippen molar-refractivity contribution in [3.63, 3.8) is 0 Å². The molecule has 12 heavy (non-hydrogen) atoms. The van der Waals surface area contributed by atoms with E-state index in [2.05, 4.69) is 11.3 Å². The molecule has 0 atom stereocenters. The highest BCUT2D eigenvalue weighted by Gasteiger charge is 2.24. The summed E-state index contributed by atoms with van der Waals surface area (Å²) in [5.74, 6) is 0. The van der Waals surface area contributed by atoms with Crippen molar-refractivity contribution in [1.82, 2.24) is 4.90 Å². The molecular weight excluding hydrogens is 146 g/mol. The normalized spacial score (nSPS) is 29.0. The fourth-order valence-corrected chi connectivity index (χ4v) is 2.25. The molecule has 69 valence electrons. The van der Waals surface area contributed by atoms with Crippen molar-refractivity contribution in [1.29, 1.82) is 0 Å². The van der Waals surface area contributed by atoms with Crippen LogP contribution in [-0.2, 0) is 0 Å². The Hall–Kier alpha value is -0.0400. The summed E-state index contributed by atoms with van der Waals surface area (Å²) in [6.45, 7) is 2.75. The predicted octanol–water partition coefficient (Wildman–Crippen LogP) is 2.62. The van der Waals surface area contributed by atoms with E-state index in [-0.39, 0.29) is 0 Å². The van der Waals surface area contributed by atoms with Gasteiger partial charge in [-0.1, -0.05) is 19.3 Å². The minimum Gasteiger partial charge on any atom is -0.300 e. The van der Waals surface area contributed by atoms with E-state index in [1.54, 1.807) is 0 Å². The van der Waals surface area contributed by atoms with E-state index in [1.807, 2.05) is 0 Å². The smallest absolute Gasteiger partial charge is 0.0101 e. The molecule has 0 amide bonds. The van der Waals surface area contributed by atoms with Crippen LogP contribution in [0.3, 0.4) is 0 Å². The molecule has 2 rings (SSSR count). The molecule has 1 aliphatic heterocycles. The van der Waals surface area contributed by atoms with Crippen molar-refractivity contribution in [3.8, 4) is 0 Å². The van der Waals surface area contributed by atoms with Crippen LogP contribution in [0.2, 0.25) is 0 Å². The standard InChI is InChI=1S/C11H20N/c1-2-4-9-12(10-5-3-1)11-7-6-8-11/h6,11H,1-5,7-10H2. The Kier molecular flexibility index (Phi) is 3.04. The molecule has 1 saturated heterocycles. The third-order valence-electron chi connectivity index (χ3n) is 3.28.